The predicted octanol–water partition coefficient (Wildman–Crippen LogP) is 3.45. The minimum atomic E-state index is 0.0535. The van der Waals surface area contributed by atoms with E-state index in [1.54, 1.807) is 19.5 Å². The van der Waals surface area contributed by atoms with Crippen molar-refractivity contribution in [3.05, 3.63) is 84.3 Å². The van der Waals surface area contributed by atoms with Crippen LogP contribution in [0.1, 0.15) is 16.1 Å². The molecule has 4 aromatic rings. The highest BCUT2D eigenvalue weighted by atomic mass is 16.5. The molecule has 7 heteroatoms. The number of anilines is 1. The molecule has 0 atom stereocenters. The van der Waals surface area contributed by atoms with Gasteiger partial charge in [0, 0.05) is 56.0 Å². The molecular formula is C25H25N5O2. The smallest absolute Gasteiger partial charge is 0.270 e. The zero-order valence-electron chi connectivity index (χ0n) is 18.0. The van der Waals surface area contributed by atoms with Gasteiger partial charge in [-0.05, 0) is 35.9 Å². The lowest BCUT2D eigenvalue weighted by Gasteiger charge is -2.34. The van der Waals surface area contributed by atoms with Gasteiger partial charge in [-0.2, -0.15) is 0 Å². The molecule has 0 unspecified atom stereocenters. The predicted molar refractivity (Wildman–Crippen MR) is 124 cm³/mol. The summed E-state index contributed by atoms with van der Waals surface area (Å²) in [6, 6.07) is 19.9. The van der Waals surface area contributed by atoms with Gasteiger partial charge in [-0.25, -0.2) is 9.97 Å². The van der Waals surface area contributed by atoms with E-state index < -0.39 is 0 Å². The van der Waals surface area contributed by atoms with E-state index in [2.05, 4.69) is 37.6 Å². The molecule has 0 saturated carbocycles. The molecule has 0 N–H and O–H groups in total. The van der Waals surface area contributed by atoms with Crippen LogP contribution in [0, 0.1) is 0 Å². The molecule has 1 aliphatic rings. The summed E-state index contributed by atoms with van der Waals surface area (Å²) < 4.78 is 7.49. The maximum atomic E-state index is 13.6. The first-order valence-corrected chi connectivity index (χ1v) is 10.8. The lowest BCUT2D eigenvalue weighted by molar-refractivity contribution is 0.0736. The average Bonchev–Trinajstić information content (AvgIpc) is 3.22. The number of piperazine rings is 1. The first kappa shape index (κ1) is 20.1. The quantitative estimate of drug-likeness (QED) is 0.488. The fraction of sp³-hybridized carbons (Fsp3) is 0.240. The molecule has 1 saturated heterocycles. The molecule has 0 bridgehead atoms. The van der Waals surface area contributed by atoms with Gasteiger partial charge in [0.15, 0.2) is 0 Å². The van der Waals surface area contributed by atoms with Crippen LogP contribution in [-0.4, -0.2) is 58.6 Å². The van der Waals surface area contributed by atoms with Crippen molar-refractivity contribution in [1.82, 2.24) is 19.4 Å². The van der Waals surface area contributed by atoms with E-state index in [-0.39, 0.29) is 5.91 Å². The molecule has 0 spiro atoms. The fourth-order valence-corrected chi connectivity index (χ4v) is 4.24. The number of benzene rings is 2. The van der Waals surface area contributed by atoms with Gasteiger partial charge in [-0.1, -0.05) is 30.3 Å². The Hall–Kier alpha value is -3.87. The van der Waals surface area contributed by atoms with Crippen LogP contribution in [0.5, 0.6) is 5.75 Å². The van der Waals surface area contributed by atoms with Crippen LogP contribution in [0.25, 0.3) is 10.9 Å². The van der Waals surface area contributed by atoms with E-state index in [1.807, 2.05) is 47.4 Å². The number of fused-ring (bicyclic) bond motifs is 1. The van der Waals surface area contributed by atoms with Gasteiger partial charge < -0.3 is 19.1 Å². The van der Waals surface area contributed by atoms with Gasteiger partial charge in [-0.15, -0.1) is 0 Å². The molecule has 5 rings (SSSR count). The van der Waals surface area contributed by atoms with Gasteiger partial charge >= 0.3 is 0 Å². The number of carbonyl (C=O) groups excluding carboxylic acids is 1. The normalized spacial score (nSPS) is 14.0. The monoisotopic (exact) mass is 427 g/mol. The number of hydrogen-bond donors (Lipinski definition) is 0. The number of ether oxygens (including phenoxy) is 1. The number of methoxy groups -OCH3 is 1. The zero-order valence-corrected chi connectivity index (χ0v) is 18.0. The second kappa shape index (κ2) is 8.70. The molecule has 162 valence electrons. The van der Waals surface area contributed by atoms with Gasteiger partial charge in [0.25, 0.3) is 5.91 Å². The average molecular weight is 428 g/mol. The molecular weight excluding hydrogens is 402 g/mol. The van der Waals surface area contributed by atoms with Crippen molar-refractivity contribution in [3.8, 4) is 5.75 Å². The highest BCUT2D eigenvalue weighted by Crippen LogP contribution is 2.24. The van der Waals surface area contributed by atoms with E-state index >= 15 is 0 Å². The SMILES string of the molecule is COc1cccc(Cn2c(C(=O)N3CCN(c4ncccn4)CC3)cc3ccccc32)c1. The minimum Gasteiger partial charge on any atom is -0.497 e. The maximum absolute atomic E-state index is 13.6. The van der Waals surface area contributed by atoms with Crippen LogP contribution < -0.4 is 9.64 Å². The molecule has 0 radical (unpaired) electrons. The highest BCUT2D eigenvalue weighted by molar-refractivity contribution is 5.99. The molecule has 32 heavy (non-hydrogen) atoms. The Bertz CT molecular complexity index is 1230. The molecule has 2 aromatic carbocycles. The van der Waals surface area contributed by atoms with Gasteiger partial charge in [-0.3, -0.25) is 4.79 Å². The van der Waals surface area contributed by atoms with Crippen molar-refractivity contribution in [1.29, 1.82) is 0 Å². The van der Waals surface area contributed by atoms with Crippen LogP contribution in [0.4, 0.5) is 5.95 Å². The molecule has 1 fully saturated rings. The topological polar surface area (TPSA) is 63.5 Å². The third kappa shape index (κ3) is 3.89. The largest absolute Gasteiger partial charge is 0.497 e. The van der Waals surface area contributed by atoms with Crippen molar-refractivity contribution < 1.29 is 9.53 Å². The first-order chi connectivity index (χ1) is 15.7. The Kier molecular flexibility index (Phi) is 5.46. The highest BCUT2D eigenvalue weighted by Gasteiger charge is 2.26. The van der Waals surface area contributed by atoms with E-state index in [1.165, 1.54) is 0 Å². The van der Waals surface area contributed by atoms with E-state index in [0.717, 1.165) is 22.2 Å². The second-order valence-corrected chi connectivity index (χ2v) is 7.85. The van der Waals surface area contributed by atoms with E-state index in [4.69, 9.17) is 4.74 Å². The molecule has 1 amide bonds. The van der Waals surface area contributed by atoms with Gasteiger partial charge in [0.2, 0.25) is 5.95 Å². The molecule has 0 aliphatic carbocycles. The third-order valence-electron chi connectivity index (χ3n) is 5.91. The van der Waals surface area contributed by atoms with Crippen LogP contribution in [0.2, 0.25) is 0 Å². The van der Waals surface area contributed by atoms with Crippen molar-refractivity contribution >= 4 is 22.8 Å². The number of nitrogens with zero attached hydrogens (tertiary/aromatic N) is 5. The number of rotatable bonds is 5. The van der Waals surface area contributed by atoms with E-state index in [9.17, 15) is 4.79 Å². The van der Waals surface area contributed by atoms with Crippen molar-refractivity contribution in [3.63, 3.8) is 0 Å². The van der Waals surface area contributed by atoms with Gasteiger partial charge in [0.05, 0.1) is 7.11 Å². The number of amides is 1. The Morgan fingerprint density at radius 1 is 0.938 bits per heavy atom. The van der Waals surface area contributed by atoms with Crippen molar-refractivity contribution in [2.24, 2.45) is 0 Å². The summed E-state index contributed by atoms with van der Waals surface area (Å²) in [4.78, 5) is 26.3. The number of para-hydroxylation sites is 1. The van der Waals surface area contributed by atoms with Crippen LogP contribution in [-0.2, 0) is 6.54 Å². The van der Waals surface area contributed by atoms with Crippen molar-refractivity contribution in [2.75, 3.05) is 38.2 Å². The fourth-order valence-electron chi connectivity index (χ4n) is 4.24. The summed E-state index contributed by atoms with van der Waals surface area (Å²) >= 11 is 0. The Labute approximate surface area is 186 Å². The lowest BCUT2D eigenvalue weighted by atomic mass is 10.2. The van der Waals surface area contributed by atoms with Crippen LogP contribution >= 0.6 is 0 Å². The summed E-state index contributed by atoms with van der Waals surface area (Å²) in [5.74, 6) is 1.58. The summed E-state index contributed by atoms with van der Waals surface area (Å²) in [6.45, 7) is 3.30. The summed E-state index contributed by atoms with van der Waals surface area (Å²) in [5, 5.41) is 1.06. The summed E-state index contributed by atoms with van der Waals surface area (Å²) in [6.07, 6.45) is 3.49. The maximum Gasteiger partial charge on any atom is 0.270 e. The lowest BCUT2D eigenvalue weighted by Crippen LogP contribution is -2.49. The number of carbonyl (C=O) groups is 1. The second-order valence-electron chi connectivity index (χ2n) is 7.85. The molecule has 3 heterocycles. The number of aromatic nitrogens is 3. The standard InChI is InChI=1S/C25H25N5O2/c1-32-21-8-4-6-19(16-21)18-30-22-9-3-2-7-20(22)17-23(30)24(31)28-12-14-29(15-13-28)25-26-10-5-11-27-25/h2-11,16-17H,12-15,18H2,1H3. The van der Waals surface area contributed by atoms with E-state index in [0.29, 0.717) is 44.4 Å². The molecule has 2 aromatic heterocycles. The zero-order chi connectivity index (χ0) is 21.9. The minimum absolute atomic E-state index is 0.0535. The first-order valence-electron chi connectivity index (χ1n) is 10.8. The molecule has 1 aliphatic heterocycles. The van der Waals surface area contributed by atoms with Crippen molar-refractivity contribution in [2.45, 2.75) is 6.54 Å². The summed E-state index contributed by atoms with van der Waals surface area (Å²) in [7, 11) is 1.67. The number of hydrogen-bond acceptors (Lipinski definition) is 5. The Balaban J connectivity index is 1.41. The molecule has 7 nitrogen and oxygen atoms in total. The Morgan fingerprint density at radius 2 is 1.72 bits per heavy atom. The third-order valence-corrected chi connectivity index (χ3v) is 5.91. The summed E-state index contributed by atoms with van der Waals surface area (Å²) in [5.41, 5.74) is 2.85. The Morgan fingerprint density at radius 3 is 2.50 bits per heavy atom. The van der Waals surface area contributed by atoms with Crippen LogP contribution in [0.15, 0.2) is 73.1 Å². The van der Waals surface area contributed by atoms with Crippen LogP contribution in [0.3, 0.4) is 0 Å². The van der Waals surface area contributed by atoms with Gasteiger partial charge in [0.1, 0.15) is 11.4 Å².